The van der Waals surface area contributed by atoms with Gasteiger partial charge in [0.1, 0.15) is 18.3 Å². The molecule has 0 bridgehead atoms. The molecule has 0 N–H and O–H groups in total. The second-order valence-electron chi connectivity index (χ2n) is 10.2. The number of ketones is 2. The molecule has 1 aromatic rings. The first-order chi connectivity index (χ1) is 19.4. The minimum atomic E-state index is -1.44. The highest BCUT2D eigenvalue weighted by Gasteiger charge is 2.54. The lowest BCUT2D eigenvalue weighted by Gasteiger charge is -2.33. The highest BCUT2D eigenvalue weighted by Crippen LogP contribution is 2.34. The molecule has 11 heteroatoms. The second-order valence-corrected chi connectivity index (χ2v) is 10.2. The number of hydrogen-bond acceptors (Lipinski definition) is 11. The summed E-state index contributed by atoms with van der Waals surface area (Å²) in [6.45, 7) is 8.51. The van der Waals surface area contributed by atoms with E-state index >= 15 is 0 Å². The Labute approximate surface area is 238 Å². The normalized spacial score (nSPS) is 26.1. The summed E-state index contributed by atoms with van der Waals surface area (Å²) in [5, 5.41) is 0. The summed E-state index contributed by atoms with van der Waals surface area (Å²) >= 11 is 0. The van der Waals surface area contributed by atoms with E-state index in [2.05, 4.69) is 6.58 Å². The lowest BCUT2D eigenvalue weighted by Crippen LogP contribution is -2.51. The van der Waals surface area contributed by atoms with Gasteiger partial charge in [0.15, 0.2) is 29.9 Å². The van der Waals surface area contributed by atoms with Gasteiger partial charge in [-0.1, -0.05) is 42.5 Å². The summed E-state index contributed by atoms with van der Waals surface area (Å²) in [5.74, 6) is -3.06. The van der Waals surface area contributed by atoms with E-state index in [1.807, 2.05) is 30.3 Å². The predicted octanol–water partition coefficient (Wildman–Crippen LogP) is 2.58. The third-order valence-electron chi connectivity index (χ3n) is 6.47. The predicted molar refractivity (Wildman–Crippen MR) is 143 cm³/mol. The average Bonchev–Trinajstić information content (AvgIpc) is 3.20. The molecule has 2 heterocycles. The fraction of sp³-hybridized carbons (Fsp3) is 0.500. The fourth-order valence-corrected chi connectivity index (χ4v) is 4.78. The Kier molecular flexibility index (Phi) is 11.1. The fourth-order valence-electron chi connectivity index (χ4n) is 4.78. The molecule has 2 aliphatic rings. The zero-order valence-electron chi connectivity index (χ0n) is 23.6. The number of esters is 3. The molecule has 4 unspecified atom stereocenters. The Hall–Kier alpha value is -3.67. The highest BCUT2D eigenvalue weighted by molar-refractivity contribution is 5.97. The van der Waals surface area contributed by atoms with Crippen molar-refractivity contribution in [2.75, 3.05) is 6.61 Å². The molecular formula is C30H36O11. The molecule has 2 aliphatic heterocycles. The van der Waals surface area contributed by atoms with Crippen molar-refractivity contribution < 1.29 is 52.4 Å². The minimum Gasteiger partial charge on any atom is -0.462 e. The lowest BCUT2D eigenvalue weighted by molar-refractivity contribution is -0.184. The highest BCUT2D eigenvalue weighted by atomic mass is 16.6. The largest absolute Gasteiger partial charge is 0.462 e. The number of hydrogen-bond donors (Lipinski definition) is 0. The molecule has 222 valence electrons. The monoisotopic (exact) mass is 572 g/mol. The maximum atomic E-state index is 13.9. The molecule has 1 saturated heterocycles. The van der Waals surface area contributed by atoms with Gasteiger partial charge < -0.3 is 28.4 Å². The summed E-state index contributed by atoms with van der Waals surface area (Å²) in [7, 11) is 0. The van der Waals surface area contributed by atoms with Crippen LogP contribution in [0.2, 0.25) is 0 Å². The van der Waals surface area contributed by atoms with Crippen molar-refractivity contribution in [2.24, 2.45) is 0 Å². The van der Waals surface area contributed by atoms with E-state index in [4.69, 9.17) is 28.4 Å². The van der Waals surface area contributed by atoms with Crippen molar-refractivity contribution >= 4 is 29.5 Å². The van der Waals surface area contributed by atoms with E-state index in [0.717, 1.165) is 12.5 Å². The first kappa shape index (κ1) is 31.9. The zero-order valence-corrected chi connectivity index (χ0v) is 23.6. The van der Waals surface area contributed by atoms with Crippen LogP contribution in [-0.4, -0.2) is 78.3 Å². The van der Waals surface area contributed by atoms with Crippen molar-refractivity contribution in [1.82, 2.24) is 0 Å². The number of carbonyl (C=O) groups excluding carboxylic acids is 5. The third kappa shape index (κ3) is 8.91. The molecule has 0 amide bonds. The Morgan fingerprint density at radius 1 is 1.02 bits per heavy atom. The SMILES string of the molecule is C=CCC1C=CC(=O)C([C@@H](OC(C)=O)C2OC(C[C@@](C)(COC(C)=O)OC(C)=O)[C@H](OCc3ccccc3)C2=O)O1. The van der Waals surface area contributed by atoms with Gasteiger partial charge in [-0.2, -0.15) is 0 Å². The smallest absolute Gasteiger partial charge is 0.303 e. The van der Waals surface area contributed by atoms with Crippen LogP contribution in [0.25, 0.3) is 0 Å². The Morgan fingerprint density at radius 3 is 2.34 bits per heavy atom. The van der Waals surface area contributed by atoms with Crippen molar-refractivity contribution in [2.45, 2.75) is 89.4 Å². The van der Waals surface area contributed by atoms with E-state index in [-0.39, 0.29) is 19.6 Å². The van der Waals surface area contributed by atoms with Crippen LogP contribution in [0.15, 0.2) is 55.1 Å². The number of rotatable bonds is 13. The first-order valence-electron chi connectivity index (χ1n) is 13.3. The maximum absolute atomic E-state index is 13.9. The second kappa shape index (κ2) is 14.3. The van der Waals surface area contributed by atoms with Gasteiger partial charge in [0.25, 0.3) is 0 Å². The number of carbonyl (C=O) groups is 5. The summed E-state index contributed by atoms with van der Waals surface area (Å²) in [6.07, 6.45) is -2.19. The molecule has 0 spiro atoms. The third-order valence-corrected chi connectivity index (χ3v) is 6.47. The summed E-state index contributed by atoms with van der Waals surface area (Å²) in [5.41, 5.74) is -0.609. The summed E-state index contributed by atoms with van der Waals surface area (Å²) in [4.78, 5) is 62.3. The van der Waals surface area contributed by atoms with Crippen molar-refractivity contribution in [3.05, 3.63) is 60.7 Å². The molecule has 1 fully saturated rings. The van der Waals surface area contributed by atoms with Gasteiger partial charge in [-0.05, 0) is 25.0 Å². The van der Waals surface area contributed by atoms with E-state index in [9.17, 15) is 24.0 Å². The zero-order chi connectivity index (χ0) is 30.2. The molecule has 1 aromatic carbocycles. The van der Waals surface area contributed by atoms with Crippen molar-refractivity contribution in [3.8, 4) is 0 Å². The van der Waals surface area contributed by atoms with Gasteiger partial charge in [-0.3, -0.25) is 24.0 Å². The van der Waals surface area contributed by atoms with Gasteiger partial charge in [0.2, 0.25) is 0 Å². The molecule has 41 heavy (non-hydrogen) atoms. The van der Waals surface area contributed by atoms with E-state index in [1.165, 1.54) is 26.8 Å². The Balaban J connectivity index is 1.94. The maximum Gasteiger partial charge on any atom is 0.303 e. The van der Waals surface area contributed by atoms with Gasteiger partial charge in [-0.15, -0.1) is 6.58 Å². The van der Waals surface area contributed by atoms with Crippen LogP contribution in [0.3, 0.4) is 0 Å². The van der Waals surface area contributed by atoms with Crippen LogP contribution in [0.5, 0.6) is 0 Å². The number of ether oxygens (including phenoxy) is 6. The molecule has 3 rings (SSSR count). The Bertz CT molecular complexity index is 1160. The standard InChI is InChI=1S/C30H36O11/c1-6-10-22-13-14-23(34)26(39-22)29(38-19(3)32)28-25(35)27(36-16-21-11-8-7-9-12-21)24(40-28)15-30(5,41-20(4)33)17-37-18(2)31/h6-9,11-14,22,24,26-29H,1,10,15-17H2,2-5H3/t22?,24?,26?,27-,28?,29+,30-/m0/s1. The Morgan fingerprint density at radius 2 is 1.73 bits per heavy atom. The van der Waals surface area contributed by atoms with Crippen LogP contribution < -0.4 is 0 Å². The first-order valence-corrected chi connectivity index (χ1v) is 13.3. The molecular weight excluding hydrogens is 536 g/mol. The summed E-state index contributed by atoms with van der Waals surface area (Å²) in [6, 6.07) is 9.11. The van der Waals surface area contributed by atoms with Crippen LogP contribution in [0.4, 0.5) is 0 Å². The van der Waals surface area contributed by atoms with Gasteiger partial charge in [-0.25, -0.2) is 0 Å². The van der Waals surface area contributed by atoms with Crippen LogP contribution in [0.1, 0.15) is 46.1 Å². The quantitative estimate of drug-likeness (QED) is 0.196. The molecule has 7 atom stereocenters. The van der Waals surface area contributed by atoms with Crippen LogP contribution >= 0.6 is 0 Å². The van der Waals surface area contributed by atoms with Gasteiger partial charge in [0, 0.05) is 27.2 Å². The minimum absolute atomic E-state index is 0.0410. The molecule has 11 nitrogen and oxygen atoms in total. The van der Waals surface area contributed by atoms with E-state index in [0.29, 0.717) is 6.42 Å². The molecule has 0 radical (unpaired) electrons. The average molecular weight is 573 g/mol. The van der Waals surface area contributed by atoms with Crippen LogP contribution in [-0.2, 0) is 59.0 Å². The number of Topliss-reactive ketones (excluding diaryl/α,β-unsaturated/α-hetero) is 1. The topological polar surface area (TPSA) is 141 Å². The molecule has 0 saturated carbocycles. The van der Waals surface area contributed by atoms with Gasteiger partial charge in [0.05, 0.1) is 18.8 Å². The van der Waals surface area contributed by atoms with Crippen molar-refractivity contribution in [1.29, 1.82) is 0 Å². The van der Waals surface area contributed by atoms with Crippen LogP contribution in [0, 0.1) is 0 Å². The molecule has 0 aromatic heterocycles. The van der Waals surface area contributed by atoms with E-state index in [1.54, 1.807) is 12.2 Å². The van der Waals surface area contributed by atoms with Gasteiger partial charge >= 0.3 is 17.9 Å². The molecule has 0 aliphatic carbocycles. The summed E-state index contributed by atoms with van der Waals surface area (Å²) < 4.78 is 34.2. The lowest BCUT2D eigenvalue weighted by atomic mass is 9.93. The number of benzene rings is 1. The van der Waals surface area contributed by atoms with Crippen molar-refractivity contribution in [3.63, 3.8) is 0 Å². The van der Waals surface area contributed by atoms with E-state index < -0.39 is 71.7 Å².